The number of aryl methyl sites for hydroxylation is 1. The molecule has 39 heavy (non-hydrogen) atoms. The molecule has 200 valence electrons. The fraction of sp³-hybridized carbons (Fsp3) is 0.321. The van der Waals surface area contributed by atoms with Gasteiger partial charge in [0.15, 0.2) is 17.0 Å². The maximum Gasteiger partial charge on any atom is 0.341 e. The van der Waals surface area contributed by atoms with Crippen molar-refractivity contribution in [2.24, 2.45) is 4.99 Å². The van der Waals surface area contributed by atoms with Crippen molar-refractivity contribution in [1.29, 1.82) is 0 Å². The van der Waals surface area contributed by atoms with Crippen LogP contribution < -0.4 is 20.5 Å². The van der Waals surface area contributed by atoms with Crippen LogP contribution in [-0.4, -0.2) is 51.9 Å². The summed E-state index contributed by atoms with van der Waals surface area (Å²) < 4.78 is 25.0. The first-order valence-corrected chi connectivity index (χ1v) is 12.8. The van der Waals surface area contributed by atoms with Gasteiger partial charge < -0.3 is 23.5 Å². The number of hydrogen-bond donors (Lipinski definition) is 0. The number of carbonyl (C=O) groups is 2. The highest BCUT2D eigenvalue weighted by molar-refractivity contribution is 5.97. The molecule has 0 aliphatic carbocycles. The molecule has 2 aliphatic heterocycles. The molecule has 0 saturated carbocycles. The number of nitrogens with zero attached hydrogens (tertiary/aromatic N) is 4. The van der Waals surface area contributed by atoms with E-state index in [1.807, 2.05) is 13.0 Å². The zero-order valence-corrected chi connectivity index (χ0v) is 21.5. The Morgan fingerprint density at radius 3 is 2.79 bits per heavy atom. The van der Waals surface area contributed by atoms with Crippen molar-refractivity contribution in [2.75, 3.05) is 20.0 Å². The van der Waals surface area contributed by atoms with Gasteiger partial charge in [0.1, 0.15) is 16.9 Å². The van der Waals surface area contributed by atoms with Gasteiger partial charge in [-0.15, -0.1) is 0 Å². The Labute approximate surface area is 222 Å². The quantitative estimate of drug-likeness (QED) is 0.285. The number of fused-ring (bicyclic) bond motifs is 3. The first-order valence-electron chi connectivity index (χ1n) is 12.8. The molecule has 0 radical (unpaired) electrons. The van der Waals surface area contributed by atoms with Crippen LogP contribution in [0, 0.1) is 6.92 Å². The third kappa shape index (κ3) is 4.44. The SMILES string of the molecule is CCOC(=O)c1cc2c(=O)n3cccc(C)c3nc2n(CC2CCCO2)c1=NC(=O)c1ccc2c(c1)OCO2. The van der Waals surface area contributed by atoms with E-state index in [9.17, 15) is 14.4 Å². The van der Waals surface area contributed by atoms with Crippen LogP contribution in [0.15, 0.2) is 52.4 Å². The molecular weight excluding hydrogens is 504 g/mol. The van der Waals surface area contributed by atoms with Crippen LogP contribution in [0.25, 0.3) is 16.7 Å². The third-order valence-electron chi connectivity index (χ3n) is 6.84. The molecule has 11 nitrogen and oxygen atoms in total. The summed E-state index contributed by atoms with van der Waals surface area (Å²) in [6.07, 6.45) is 3.08. The van der Waals surface area contributed by atoms with E-state index in [0.29, 0.717) is 29.4 Å². The number of hydrogen-bond acceptors (Lipinski definition) is 8. The Balaban J connectivity index is 1.66. The van der Waals surface area contributed by atoms with Crippen LogP contribution >= 0.6 is 0 Å². The largest absolute Gasteiger partial charge is 0.462 e. The van der Waals surface area contributed by atoms with Gasteiger partial charge in [0.05, 0.1) is 24.6 Å². The first-order chi connectivity index (χ1) is 18.9. The fourth-order valence-corrected chi connectivity index (χ4v) is 4.92. The summed E-state index contributed by atoms with van der Waals surface area (Å²) in [6.45, 7) is 4.55. The van der Waals surface area contributed by atoms with E-state index in [1.54, 1.807) is 42.0 Å². The van der Waals surface area contributed by atoms with E-state index < -0.39 is 11.9 Å². The van der Waals surface area contributed by atoms with Crippen LogP contribution in [0.3, 0.4) is 0 Å². The van der Waals surface area contributed by atoms with Gasteiger partial charge in [-0.25, -0.2) is 9.78 Å². The summed E-state index contributed by atoms with van der Waals surface area (Å²) in [5, 5.41) is 0.202. The maximum absolute atomic E-state index is 13.6. The van der Waals surface area contributed by atoms with Gasteiger partial charge >= 0.3 is 5.97 Å². The minimum absolute atomic E-state index is 0.0112. The Kier molecular flexibility index (Phi) is 6.35. The normalized spacial score (nSPS) is 16.8. The smallest absolute Gasteiger partial charge is 0.341 e. The minimum atomic E-state index is -0.702. The van der Waals surface area contributed by atoms with Crippen LogP contribution in [-0.2, 0) is 16.0 Å². The summed E-state index contributed by atoms with van der Waals surface area (Å²) in [6, 6.07) is 9.80. The molecule has 1 saturated heterocycles. The van der Waals surface area contributed by atoms with Gasteiger partial charge in [-0.2, -0.15) is 4.99 Å². The maximum atomic E-state index is 13.6. The lowest BCUT2D eigenvalue weighted by Crippen LogP contribution is -2.35. The molecular formula is C28H26N4O7. The van der Waals surface area contributed by atoms with Gasteiger partial charge in [-0.1, -0.05) is 6.07 Å². The second-order valence-corrected chi connectivity index (χ2v) is 9.37. The summed E-state index contributed by atoms with van der Waals surface area (Å²) in [5.41, 5.74) is 1.50. The summed E-state index contributed by atoms with van der Waals surface area (Å²) >= 11 is 0. The highest BCUT2D eigenvalue weighted by atomic mass is 16.7. The van der Waals surface area contributed by atoms with Crippen LogP contribution in [0.4, 0.5) is 0 Å². The second-order valence-electron chi connectivity index (χ2n) is 9.37. The molecule has 0 bridgehead atoms. The van der Waals surface area contributed by atoms with Gasteiger partial charge in [0.2, 0.25) is 6.79 Å². The van der Waals surface area contributed by atoms with Gasteiger partial charge in [0.25, 0.3) is 11.5 Å². The topological polar surface area (TPSA) is 123 Å². The zero-order valence-electron chi connectivity index (χ0n) is 21.5. The molecule has 6 rings (SSSR count). The Morgan fingerprint density at radius 1 is 1.15 bits per heavy atom. The number of ether oxygens (including phenoxy) is 4. The highest BCUT2D eigenvalue weighted by Gasteiger charge is 2.24. The first kappa shape index (κ1) is 24.8. The summed E-state index contributed by atoms with van der Waals surface area (Å²) in [4.78, 5) is 49.5. The van der Waals surface area contributed by atoms with Crippen molar-refractivity contribution in [3.8, 4) is 11.5 Å². The Hall–Kier alpha value is -4.51. The van der Waals surface area contributed by atoms with Crippen molar-refractivity contribution in [1.82, 2.24) is 14.0 Å². The van der Waals surface area contributed by atoms with E-state index in [0.717, 1.165) is 18.4 Å². The number of rotatable bonds is 5. The van der Waals surface area contributed by atoms with Crippen molar-refractivity contribution in [2.45, 2.75) is 39.3 Å². The number of benzene rings is 1. The van der Waals surface area contributed by atoms with Crippen LogP contribution in [0.2, 0.25) is 0 Å². The lowest BCUT2D eigenvalue weighted by Gasteiger charge is -2.18. The fourth-order valence-electron chi connectivity index (χ4n) is 4.92. The molecule has 0 spiro atoms. The van der Waals surface area contributed by atoms with Gasteiger partial charge in [-0.05, 0) is 62.6 Å². The molecule has 1 amide bonds. The number of esters is 1. The zero-order chi connectivity index (χ0) is 27.1. The van der Waals surface area contributed by atoms with Gasteiger partial charge in [-0.3, -0.25) is 14.0 Å². The van der Waals surface area contributed by atoms with Crippen molar-refractivity contribution >= 4 is 28.6 Å². The minimum Gasteiger partial charge on any atom is -0.462 e. The second kappa shape index (κ2) is 9.99. The van der Waals surface area contributed by atoms with Crippen LogP contribution in [0.1, 0.15) is 46.0 Å². The average molecular weight is 531 g/mol. The molecule has 2 aliphatic rings. The predicted octanol–water partition coefficient (Wildman–Crippen LogP) is 2.78. The molecule has 1 fully saturated rings. The highest BCUT2D eigenvalue weighted by Crippen LogP contribution is 2.32. The van der Waals surface area contributed by atoms with E-state index in [1.165, 1.54) is 10.5 Å². The number of aromatic nitrogens is 3. The molecule has 4 aromatic rings. The monoisotopic (exact) mass is 530 g/mol. The molecule has 11 heteroatoms. The standard InChI is InChI=1S/C28H26N4O7/c1-3-36-28(35)20-13-19-24(29-23-16(2)6-4-10-31(23)27(19)34)32(14-18-7-5-11-37-18)25(20)30-26(33)17-8-9-21-22(12-17)39-15-38-21/h4,6,8-10,12-13,18H,3,5,7,11,14-15H2,1-2H3. The molecule has 5 heterocycles. The van der Waals surface area contributed by atoms with Crippen molar-refractivity contribution in [3.63, 3.8) is 0 Å². The molecule has 3 aromatic heterocycles. The van der Waals surface area contributed by atoms with Crippen molar-refractivity contribution in [3.05, 3.63) is 75.1 Å². The number of carbonyl (C=O) groups excluding carboxylic acids is 2. The Bertz CT molecular complexity index is 1770. The lowest BCUT2D eigenvalue weighted by atomic mass is 10.1. The van der Waals surface area contributed by atoms with Crippen LogP contribution in [0.5, 0.6) is 11.5 Å². The van der Waals surface area contributed by atoms with Crippen molar-refractivity contribution < 1.29 is 28.5 Å². The van der Waals surface area contributed by atoms with E-state index >= 15 is 0 Å². The lowest BCUT2D eigenvalue weighted by molar-refractivity contribution is 0.0521. The molecule has 1 unspecified atom stereocenters. The molecule has 1 aromatic carbocycles. The summed E-state index contributed by atoms with van der Waals surface area (Å²) in [5.74, 6) is -0.340. The van der Waals surface area contributed by atoms with E-state index in [-0.39, 0.29) is 53.6 Å². The number of pyridine rings is 2. The predicted molar refractivity (Wildman–Crippen MR) is 139 cm³/mol. The molecule has 1 atom stereocenters. The third-order valence-corrected chi connectivity index (χ3v) is 6.84. The van der Waals surface area contributed by atoms with E-state index in [2.05, 4.69) is 4.99 Å². The molecule has 0 N–H and O–H groups in total. The Morgan fingerprint density at radius 2 is 2.00 bits per heavy atom. The summed E-state index contributed by atoms with van der Waals surface area (Å²) in [7, 11) is 0. The number of amides is 1. The average Bonchev–Trinajstić information content (AvgIpc) is 3.62. The van der Waals surface area contributed by atoms with Gasteiger partial charge in [0, 0.05) is 18.4 Å². The van der Waals surface area contributed by atoms with E-state index in [4.69, 9.17) is 23.9 Å².